The second-order valence-corrected chi connectivity index (χ2v) is 7.40. The van der Waals surface area contributed by atoms with Gasteiger partial charge >= 0.3 is 6.03 Å². The van der Waals surface area contributed by atoms with Gasteiger partial charge in [-0.25, -0.2) is 18.0 Å². The first-order chi connectivity index (χ1) is 15.0. The lowest BCUT2D eigenvalue weighted by atomic mass is 9.96. The van der Waals surface area contributed by atoms with Crippen molar-refractivity contribution in [3.05, 3.63) is 101 Å². The van der Waals surface area contributed by atoms with Gasteiger partial charge in [0.25, 0.3) is 0 Å². The second kappa shape index (κ2) is 9.22. The summed E-state index contributed by atoms with van der Waals surface area (Å²) in [6.07, 6.45) is 0. The Kier molecular flexibility index (Phi) is 6.23. The van der Waals surface area contributed by atoms with Crippen LogP contribution in [0.2, 0.25) is 0 Å². The predicted molar refractivity (Wildman–Crippen MR) is 113 cm³/mol. The highest BCUT2D eigenvalue weighted by Crippen LogP contribution is 2.29. The molecule has 7 heteroatoms. The number of nitrogens with one attached hydrogen (secondary N) is 1. The number of benzene rings is 3. The Balaban J connectivity index is 1.45. The van der Waals surface area contributed by atoms with Crippen molar-refractivity contribution in [3.8, 4) is 0 Å². The molecule has 31 heavy (non-hydrogen) atoms. The maximum absolute atomic E-state index is 13.9. The summed E-state index contributed by atoms with van der Waals surface area (Å²) in [5.41, 5.74) is 1.95. The van der Waals surface area contributed by atoms with Crippen LogP contribution < -0.4 is 5.32 Å². The zero-order valence-corrected chi connectivity index (χ0v) is 16.8. The van der Waals surface area contributed by atoms with Crippen LogP contribution in [0.5, 0.6) is 0 Å². The van der Waals surface area contributed by atoms with Gasteiger partial charge in [-0.3, -0.25) is 4.90 Å². The number of hydrogen-bond donors (Lipinski definition) is 1. The summed E-state index contributed by atoms with van der Waals surface area (Å²) in [5.74, 6) is -4.30. The van der Waals surface area contributed by atoms with E-state index < -0.39 is 23.5 Å². The van der Waals surface area contributed by atoms with Gasteiger partial charge in [-0.05, 0) is 23.3 Å². The van der Waals surface area contributed by atoms with Crippen molar-refractivity contribution in [2.45, 2.75) is 6.04 Å². The van der Waals surface area contributed by atoms with E-state index in [2.05, 4.69) is 34.5 Å². The van der Waals surface area contributed by atoms with Crippen LogP contribution in [0, 0.1) is 17.5 Å². The largest absolute Gasteiger partial charge is 0.322 e. The van der Waals surface area contributed by atoms with Crippen molar-refractivity contribution in [2.75, 3.05) is 31.5 Å². The summed E-state index contributed by atoms with van der Waals surface area (Å²) < 4.78 is 40.4. The molecule has 1 heterocycles. The van der Waals surface area contributed by atoms with Crippen LogP contribution in [0.25, 0.3) is 0 Å². The SMILES string of the molecule is O=C(Nc1ccc(F)c(F)c1F)N1CCN(C(c2ccccc2)c2ccccc2)CC1. The molecule has 0 radical (unpaired) electrons. The first-order valence-corrected chi connectivity index (χ1v) is 10.1. The summed E-state index contributed by atoms with van der Waals surface area (Å²) in [6, 6.07) is 21.6. The van der Waals surface area contributed by atoms with Crippen LogP contribution >= 0.6 is 0 Å². The van der Waals surface area contributed by atoms with E-state index >= 15 is 0 Å². The Morgan fingerprint density at radius 1 is 0.742 bits per heavy atom. The first-order valence-electron chi connectivity index (χ1n) is 10.1. The monoisotopic (exact) mass is 425 g/mol. The zero-order chi connectivity index (χ0) is 21.8. The summed E-state index contributed by atoms with van der Waals surface area (Å²) in [5, 5.41) is 2.34. The van der Waals surface area contributed by atoms with Crippen LogP contribution in [0.15, 0.2) is 72.8 Å². The lowest BCUT2D eigenvalue weighted by Gasteiger charge is -2.39. The number of urea groups is 1. The third-order valence-electron chi connectivity index (χ3n) is 5.47. The zero-order valence-electron chi connectivity index (χ0n) is 16.8. The predicted octanol–water partition coefficient (Wildman–Crippen LogP) is 5.04. The van der Waals surface area contributed by atoms with Crippen molar-refractivity contribution in [2.24, 2.45) is 0 Å². The highest BCUT2D eigenvalue weighted by atomic mass is 19.2. The second-order valence-electron chi connectivity index (χ2n) is 7.40. The molecule has 0 saturated carbocycles. The molecule has 1 fully saturated rings. The van der Waals surface area contributed by atoms with Crippen molar-refractivity contribution in [3.63, 3.8) is 0 Å². The normalized spacial score (nSPS) is 14.6. The molecule has 1 saturated heterocycles. The van der Waals surface area contributed by atoms with Gasteiger partial charge in [0.2, 0.25) is 0 Å². The number of nitrogens with zero attached hydrogens (tertiary/aromatic N) is 2. The quantitative estimate of drug-likeness (QED) is 0.595. The van der Waals surface area contributed by atoms with Gasteiger partial charge in [-0.1, -0.05) is 60.7 Å². The molecule has 0 aliphatic carbocycles. The third kappa shape index (κ3) is 4.56. The van der Waals surface area contributed by atoms with Crippen molar-refractivity contribution in [1.29, 1.82) is 0 Å². The van der Waals surface area contributed by atoms with E-state index in [0.29, 0.717) is 26.2 Å². The van der Waals surface area contributed by atoms with Gasteiger partial charge in [-0.15, -0.1) is 0 Å². The highest BCUT2D eigenvalue weighted by molar-refractivity contribution is 5.89. The van der Waals surface area contributed by atoms with E-state index in [-0.39, 0.29) is 11.7 Å². The van der Waals surface area contributed by atoms with E-state index in [1.807, 2.05) is 36.4 Å². The minimum absolute atomic E-state index is 0.0521. The molecule has 2 amide bonds. The Morgan fingerprint density at radius 3 is 1.84 bits per heavy atom. The highest BCUT2D eigenvalue weighted by Gasteiger charge is 2.28. The van der Waals surface area contributed by atoms with Gasteiger partial charge in [-0.2, -0.15) is 0 Å². The molecule has 0 aromatic heterocycles. The summed E-state index contributed by atoms with van der Waals surface area (Å²) in [7, 11) is 0. The fourth-order valence-corrected chi connectivity index (χ4v) is 3.88. The van der Waals surface area contributed by atoms with E-state index in [9.17, 15) is 18.0 Å². The summed E-state index contributed by atoms with van der Waals surface area (Å²) in [6.45, 7) is 2.07. The summed E-state index contributed by atoms with van der Waals surface area (Å²) in [4.78, 5) is 16.4. The first kappa shape index (κ1) is 20.9. The number of halogens is 3. The standard InChI is InChI=1S/C24H22F3N3O/c25-19-11-12-20(22(27)21(19)26)28-24(31)30-15-13-29(14-16-30)23(17-7-3-1-4-8-17)18-9-5-2-6-10-18/h1-12,23H,13-16H2,(H,28,31). The smallest absolute Gasteiger partial charge is 0.322 e. The van der Waals surface area contributed by atoms with Crippen LogP contribution in [0.3, 0.4) is 0 Å². The van der Waals surface area contributed by atoms with Crippen LogP contribution in [-0.4, -0.2) is 42.0 Å². The molecule has 3 aromatic rings. The van der Waals surface area contributed by atoms with Crippen LogP contribution in [0.1, 0.15) is 17.2 Å². The molecule has 0 atom stereocenters. The Hall–Kier alpha value is -3.32. The molecular weight excluding hydrogens is 403 g/mol. The number of hydrogen-bond acceptors (Lipinski definition) is 2. The topological polar surface area (TPSA) is 35.6 Å². The Labute approximate surface area is 178 Å². The van der Waals surface area contributed by atoms with Gasteiger partial charge in [0.05, 0.1) is 11.7 Å². The number of anilines is 1. The van der Waals surface area contributed by atoms with Gasteiger partial charge < -0.3 is 10.2 Å². The van der Waals surface area contributed by atoms with E-state index in [1.165, 1.54) is 0 Å². The molecule has 1 N–H and O–H groups in total. The van der Waals surface area contributed by atoms with Gasteiger partial charge in [0, 0.05) is 26.2 Å². The van der Waals surface area contributed by atoms with E-state index in [4.69, 9.17) is 0 Å². The maximum atomic E-state index is 13.9. The number of piperazine rings is 1. The maximum Gasteiger partial charge on any atom is 0.322 e. The molecule has 1 aliphatic rings. The Morgan fingerprint density at radius 2 is 1.29 bits per heavy atom. The lowest BCUT2D eigenvalue weighted by Crippen LogP contribution is -2.51. The van der Waals surface area contributed by atoms with Crippen LogP contribution in [0.4, 0.5) is 23.7 Å². The number of carbonyl (C=O) groups is 1. The average molecular weight is 425 g/mol. The minimum atomic E-state index is -1.60. The third-order valence-corrected chi connectivity index (χ3v) is 5.47. The molecule has 4 rings (SSSR count). The molecule has 3 aromatic carbocycles. The number of amides is 2. The van der Waals surface area contributed by atoms with Gasteiger partial charge in [0.15, 0.2) is 17.5 Å². The van der Waals surface area contributed by atoms with Gasteiger partial charge in [0.1, 0.15) is 0 Å². The average Bonchev–Trinajstić information content (AvgIpc) is 2.81. The molecule has 4 nitrogen and oxygen atoms in total. The Bertz CT molecular complexity index is 999. The fourth-order valence-electron chi connectivity index (χ4n) is 3.88. The molecule has 0 spiro atoms. The summed E-state index contributed by atoms with van der Waals surface area (Å²) >= 11 is 0. The minimum Gasteiger partial charge on any atom is -0.322 e. The molecule has 0 unspecified atom stereocenters. The lowest BCUT2D eigenvalue weighted by molar-refractivity contribution is 0.126. The van der Waals surface area contributed by atoms with E-state index in [1.54, 1.807) is 4.90 Å². The fraction of sp³-hybridized carbons (Fsp3) is 0.208. The number of rotatable bonds is 4. The molecule has 1 aliphatic heterocycles. The van der Waals surface area contributed by atoms with Crippen molar-refractivity contribution in [1.82, 2.24) is 9.80 Å². The van der Waals surface area contributed by atoms with E-state index in [0.717, 1.165) is 23.3 Å². The molecule has 160 valence electrons. The molecular formula is C24H22F3N3O. The van der Waals surface area contributed by atoms with Crippen molar-refractivity contribution >= 4 is 11.7 Å². The molecule has 0 bridgehead atoms. The number of carbonyl (C=O) groups excluding carboxylic acids is 1. The van der Waals surface area contributed by atoms with Crippen LogP contribution in [-0.2, 0) is 0 Å². The van der Waals surface area contributed by atoms with Crippen molar-refractivity contribution < 1.29 is 18.0 Å².